The third-order valence-corrected chi connectivity index (χ3v) is 4.65. The Hall–Kier alpha value is 2.83. The number of rotatable bonds is 17. The molecule has 0 heterocycles. The van der Waals surface area contributed by atoms with Gasteiger partial charge < -0.3 is 24.0 Å². The summed E-state index contributed by atoms with van der Waals surface area (Å²) in [6.07, 6.45) is 18.7. The zero-order valence-corrected chi connectivity index (χ0v) is 25.2. The van der Waals surface area contributed by atoms with E-state index in [0.717, 1.165) is 12.8 Å². The van der Waals surface area contributed by atoms with Gasteiger partial charge in [0.1, 0.15) is 0 Å². The van der Waals surface area contributed by atoms with Crippen LogP contribution < -0.4 is 0 Å². The minimum absolute atomic E-state index is 0. The molecule has 0 aromatic heterocycles. The second-order valence-electron chi connectivity index (χ2n) is 6.65. The Morgan fingerprint density at radius 3 is 1.28 bits per heavy atom. The van der Waals surface area contributed by atoms with Gasteiger partial charge in [-0.1, -0.05) is 96.8 Å². The van der Waals surface area contributed by atoms with Crippen LogP contribution in [0.15, 0.2) is 0 Å². The number of unbranched alkanes of at least 4 members (excludes halogenated alkanes) is 14. The summed E-state index contributed by atoms with van der Waals surface area (Å²) < 4.78 is 14.4. The van der Waals surface area contributed by atoms with E-state index in [2.05, 4.69) is 11.4 Å². The number of carbonyl (C=O) groups excluding carboxylic acids is 1. The smallest absolute Gasteiger partial charge is 1.00 e. The first-order valence-corrected chi connectivity index (χ1v) is 11.3. The van der Waals surface area contributed by atoms with Crippen LogP contribution in [-0.4, -0.2) is 125 Å². The molecule has 11 heteroatoms. The van der Waals surface area contributed by atoms with Gasteiger partial charge in [-0.15, -0.1) is 0 Å². The second-order valence-corrected chi connectivity index (χ2v) is 7.82. The molecule has 0 aromatic carbocycles. The Morgan fingerprint density at radius 2 is 1.00 bits per heavy atom. The first-order chi connectivity index (χ1) is 11.5. The SMILES string of the molecule is CCCCCCCCCCCCCCCCCC(=O)OP(=O)(O)O.O.O.[Ca+2].[Ca+2].[H-].[H-].[H-].[H-].[H-].[H-].[Mg+2]. The van der Waals surface area contributed by atoms with Crippen LogP contribution in [0.2, 0.25) is 0 Å². The van der Waals surface area contributed by atoms with Crippen molar-refractivity contribution in [3.8, 4) is 0 Å². The molecule has 172 valence electrons. The molecular formula is C18H47Ca2MgO7P. The standard InChI is InChI=1S/C18H37O5P.2Ca.Mg.2H2O.6H/c1-2-3-4-5-6-7-8-9-10-11-12-13-14-15-16-17-18(19)23-24(20,21)22;;;;;;;;;;;/h2-17H2,1H3,(H2,20,21,22);;;;2*1H2;;;;;;/q;3*+2;;;6*-1. The van der Waals surface area contributed by atoms with Crippen molar-refractivity contribution in [3.63, 3.8) is 0 Å². The molecule has 0 fully saturated rings. The van der Waals surface area contributed by atoms with Gasteiger partial charge in [0.25, 0.3) is 0 Å². The first kappa shape index (κ1) is 45.3. The number of hydrogen-bond donors (Lipinski definition) is 2. The fourth-order valence-corrected chi connectivity index (χ4v) is 3.18. The average molecular weight is 511 g/mol. The van der Waals surface area contributed by atoms with E-state index >= 15 is 0 Å². The van der Waals surface area contributed by atoms with E-state index < -0.39 is 13.8 Å². The topological polar surface area (TPSA) is 147 Å². The van der Waals surface area contributed by atoms with Crippen LogP contribution in [-0.2, 0) is 13.9 Å². The molecular weight excluding hydrogens is 464 g/mol. The summed E-state index contributed by atoms with van der Waals surface area (Å²) in [5.74, 6) is -0.807. The molecule has 0 aliphatic carbocycles. The molecule has 0 unspecified atom stereocenters. The van der Waals surface area contributed by atoms with Gasteiger partial charge in [0.2, 0.25) is 0 Å². The Kier molecular flexibility index (Phi) is 51.6. The summed E-state index contributed by atoms with van der Waals surface area (Å²) >= 11 is 0. The van der Waals surface area contributed by atoms with Crippen molar-refractivity contribution in [2.24, 2.45) is 0 Å². The van der Waals surface area contributed by atoms with E-state index in [1.54, 1.807) is 0 Å². The quantitative estimate of drug-likeness (QED) is 0.174. The van der Waals surface area contributed by atoms with Crippen molar-refractivity contribution in [1.29, 1.82) is 0 Å². The number of hydrogen-bond acceptors (Lipinski definition) is 3. The van der Waals surface area contributed by atoms with Crippen molar-refractivity contribution in [3.05, 3.63) is 0 Å². The molecule has 7 nitrogen and oxygen atoms in total. The van der Waals surface area contributed by atoms with Crippen LogP contribution >= 0.6 is 7.82 Å². The molecule has 0 aliphatic rings. The van der Waals surface area contributed by atoms with Gasteiger partial charge in [0, 0.05) is 6.42 Å². The van der Waals surface area contributed by atoms with Gasteiger partial charge in [-0.3, -0.25) is 14.6 Å². The van der Waals surface area contributed by atoms with E-state index in [9.17, 15) is 9.36 Å². The number of phosphoric acid groups is 1. The van der Waals surface area contributed by atoms with Gasteiger partial charge in [-0.25, -0.2) is 4.57 Å². The third kappa shape index (κ3) is 41.6. The average Bonchev–Trinajstić information content (AvgIpc) is 2.49. The van der Waals surface area contributed by atoms with Crippen LogP contribution in [0, 0.1) is 0 Å². The third-order valence-electron chi connectivity index (χ3n) is 4.21. The minimum Gasteiger partial charge on any atom is -1.00 e. The predicted octanol–water partition coefficient (Wildman–Crippen LogP) is 3.77. The first-order valence-electron chi connectivity index (χ1n) is 9.73. The van der Waals surface area contributed by atoms with Gasteiger partial charge in [0.05, 0.1) is 0 Å². The molecule has 0 radical (unpaired) electrons. The van der Waals surface area contributed by atoms with E-state index in [-0.39, 0.29) is 124 Å². The fraction of sp³-hybridized carbons (Fsp3) is 0.944. The van der Waals surface area contributed by atoms with E-state index in [0.29, 0.717) is 6.42 Å². The normalized spacial score (nSPS) is 9.62. The monoisotopic (exact) mass is 510 g/mol. The van der Waals surface area contributed by atoms with Crippen LogP contribution in [0.1, 0.15) is 118 Å². The summed E-state index contributed by atoms with van der Waals surface area (Å²) in [5.41, 5.74) is 0. The summed E-state index contributed by atoms with van der Waals surface area (Å²) in [5, 5.41) is 0. The van der Waals surface area contributed by atoms with Crippen molar-refractivity contribution in [2.45, 2.75) is 110 Å². The number of phosphoric ester groups is 1. The molecule has 0 aromatic rings. The maximum Gasteiger partial charge on any atom is 2.00 e. The molecule has 0 saturated heterocycles. The molecule has 0 bridgehead atoms. The molecule has 29 heavy (non-hydrogen) atoms. The Balaban J connectivity index is -0.0000000481. The molecule has 6 N–H and O–H groups in total. The predicted molar refractivity (Wildman–Crippen MR) is 129 cm³/mol. The molecule has 0 spiro atoms. The molecule has 0 atom stereocenters. The summed E-state index contributed by atoms with van der Waals surface area (Å²) in [6.45, 7) is 2.25. The fourth-order valence-electron chi connectivity index (χ4n) is 2.82. The zero-order chi connectivity index (χ0) is 18.1. The van der Waals surface area contributed by atoms with Gasteiger partial charge in [0.15, 0.2) is 0 Å². The van der Waals surface area contributed by atoms with Gasteiger partial charge in [-0.2, -0.15) is 0 Å². The van der Waals surface area contributed by atoms with Crippen LogP contribution in [0.5, 0.6) is 0 Å². The summed E-state index contributed by atoms with van der Waals surface area (Å²) in [4.78, 5) is 28.0. The molecule has 0 rings (SSSR count). The maximum absolute atomic E-state index is 11.1. The van der Waals surface area contributed by atoms with Crippen LogP contribution in [0.25, 0.3) is 0 Å². The Labute approximate surface area is 262 Å². The molecule has 0 aliphatic heterocycles. The van der Waals surface area contributed by atoms with Crippen molar-refractivity contribution in [2.75, 3.05) is 0 Å². The van der Waals surface area contributed by atoms with Crippen molar-refractivity contribution < 1.29 is 43.2 Å². The van der Waals surface area contributed by atoms with E-state index in [1.165, 1.54) is 77.0 Å². The van der Waals surface area contributed by atoms with Gasteiger partial charge >= 0.3 is 112 Å². The summed E-state index contributed by atoms with van der Waals surface area (Å²) in [7, 11) is -4.66. The second kappa shape index (κ2) is 33.0. The zero-order valence-electron chi connectivity index (χ0n) is 24.5. The minimum atomic E-state index is -4.66. The van der Waals surface area contributed by atoms with Crippen LogP contribution in [0.3, 0.4) is 0 Å². The molecule has 0 amide bonds. The largest absolute Gasteiger partial charge is 2.00 e. The number of carbonyl (C=O) groups is 1. The van der Waals surface area contributed by atoms with Gasteiger partial charge in [-0.05, 0) is 6.42 Å². The summed E-state index contributed by atoms with van der Waals surface area (Å²) in [6, 6.07) is 0. The van der Waals surface area contributed by atoms with Crippen LogP contribution in [0.4, 0.5) is 0 Å². The van der Waals surface area contributed by atoms with E-state index in [4.69, 9.17) is 9.79 Å². The van der Waals surface area contributed by atoms with Crippen molar-refractivity contribution in [1.82, 2.24) is 0 Å². The Morgan fingerprint density at radius 1 is 0.724 bits per heavy atom. The van der Waals surface area contributed by atoms with E-state index in [1.807, 2.05) is 0 Å². The molecule has 0 saturated carbocycles. The Bertz CT molecular complexity index is 384. The maximum atomic E-state index is 11.1. The van der Waals surface area contributed by atoms with Crippen molar-refractivity contribution >= 4 is 112 Å².